The van der Waals surface area contributed by atoms with Gasteiger partial charge in [0, 0.05) is 10.7 Å². The summed E-state index contributed by atoms with van der Waals surface area (Å²) in [6.07, 6.45) is 4.32. The van der Waals surface area contributed by atoms with Crippen LogP contribution in [-0.4, -0.2) is 23.9 Å². The highest BCUT2D eigenvalue weighted by molar-refractivity contribution is 9.09. The summed E-state index contributed by atoms with van der Waals surface area (Å²) < 4.78 is 12.1. The lowest BCUT2D eigenvalue weighted by atomic mass is 9.68. The maximum absolute atomic E-state index is 6.03. The Kier molecular flexibility index (Phi) is 8.68. The second-order valence-corrected chi connectivity index (χ2v) is 11.0. The lowest BCUT2D eigenvalue weighted by Crippen LogP contribution is -2.28. The van der Waals surface area contributed by atoms with Crippen LogP contribution in [0.1, 0.15) is 47.9 Å². The van der Waals surface area contributed by atoms with Crippen LogP contribution >= 0.6 is 31.9 Å². The third-order valence-corrected chi connectivity index (χ3v) is 8.24. The van der Waals surface area contributed by atoms with Crippen molar-refractivity contribution in [1.82, 2.24) is 0 Å². The highest BCUT2D eigenvalue weighted by atomic mass is 79.9. The van der Waals surface area contributed by atoms with Gasteiger partial charge in [-0.15, -0.1) is 0 Å². The second kappa shape index (κ2) is 12.3. The molecule has 0 aromatic heterocycles. The van der Waals surface area contributed by atoms with Crippen LogP contribution in [0.15, 0.2) is 97.1 Å². The molecule has 0 radical (unpaired) electrons. The first kappa shape index (κ1) is 26.1. The van der Waals surface area contributed by atoms with Gasteiger partial charge in [-0.2, -0.15) is 0 Å². The molecule has 0 bridgehead atoms. The van der Waals surface area contributed by atoms with Gasteiger partial charge < -0.3 is 9.47 Å². The molecule has 0 N–H and O–H groups in total. The third kappa shape index (κ3) is 5.24. The van der Waals surface area contributed by atoms with E-state index in [1.165, 1.54) is 33.4 Å². The van der Waals surface area contributed by atoms with Crippen molar-refractivity contribution in [2.45, 2.75) is 31.1 Å². The number of ether oxygens (including phenoxy) is 2. The van der Waals surface area contributed by atoms with Crippen molar-refractivity contribution in [2.24, 2.45) is 0 Å². The van der Waals surface area contributed by atoms with Gasteiger partial charge in [0.15, 0.2) is 0 Å². The minimum Gasteiger partial charge on any atom is -0.494 e. The Balaban J connectivity index is 1.57. The molecule has 2 nitrogen and oxygen atoms in total. The fourth-order valence-corrected chi connectivity index (χ4v) is 6.19. The predicted molar refractivity (Wildman–Crippen MR) is 161 cm³/mol. The summed E-state index contributed by atoms with van der Waals surface area (Å²) in [6.45, 7) is 1.47. The molecule has 0 spiro atoms. The Morgan fingerprint density at radius 3 is 1.30 bits per heavy atom. The summed E-state index contributed by atoms with van der Waals surface area (Å²) >= 11 is 6.99. The minimum absolute atomic E-state index is 0.407. The average Bonchev–Trinajstić information content (AvgIpc) is 3.25. The Bertz CT molecular complexity index is 1200. The van der Waals surface area contributed by atoms with Gasteiger partial charge in [-0.1, -0.05) is 105 Å². The largest absolute Gasteiger partial charge is 0.494 e. The van der Waals surface area contributed by atoms with E-state index in [1.807, 2.05) is 0 Å². The predicted octanol–water partition coefficient (Wildman–Crippen LogP) is 9.16. The van der Waals surface area contributed by atoms with Gasteiger partial charge in [0.25, 0.3) is 0 Å². The maximum Gasteiger partial charge on any atom is 0.119 e. The lowest BCUT2D eigenvalue weighted by molar-refractivity contribution is 0.310. The molecule has 5 rings (SSSR count). The standard InChI is InChI=1S/C33H32Br2O2/c34-21-5-7-23-36-27-17-13-25(14-18-27)33(26-15-19-28(20-16-26)37-24-8-6-22-35)31-11-3-1-9-29(31)30-10-2-4-12-32(30)33/h1-4,9-20H,5-8,21-24H2. The molecule has 1 aliphatic rings. The molecular weight excluding hydrogens is 588 g/mol. The zero-order chi connectivity index (χ0) is 25.5. The van der Waals surface area contributed by atoms with Crippen molar-refractivity contribution in [2.75, 3.05) is 23.9 Å². The SMILES string of the molecule is BrCCCCOc1ccc(C2(c3ccc(OCCCCBr)cc3)c3ccccc3-c3ccccc32)cc1. The van der Waals surface area contributed by atoms with E-state index in [-0.39, 0.29) is 0 Å². The molecule has 1 aliphatic carbocycles. The monoisotopic (exact) mass is 618 g/mol. The fourth-order valence-electron chi connectivity index (χ4n) is 5.40. The van der Waals surface area contributed by atoms with Gasteiger partial charge in [-0.25, -0.2) is 0 Å². The quantitative estimate of drug-likeness (QED) is 0.102. The van der Waals surface area contributed by atoms with Gasteiger partial charge in [-0.3, -0.25) is 0 Å². The Hall–Kier alpha value is -2.56. The molecule has 0 heterocycles. The average molecular weight is 620 g/mol. The Morgan fingerprint density at radius 1 is 0.486 bits per heavy atom. The van der Waals surface area contributed by atoms with E-state index in [0.717, 1.165) is 61.1 Å². The van der Waals surface area contributed by atoms with Crippen molar-refractivity contribution in [3.05, 3.63) is 119 Å². The number of unbranched alkanes of at least 4 members (excludes halogenated alkanes) is 2. The van der Waals surface area contributed by atoms with Crippen LogP contribution in [0.3, 0.4) is 0 Å². The van der Waals surface area contributed by atoms with Gasteiger partial charge in [0.1, 0.15) is 11.5 Å². The van der Waals surface area contributed by atoms with Crippen LogP contribution < -0.4 is 9.47 Å². The number of benzene rings is 4. The highest BCUT2D eigenvalue weighted by Gasteiger charge is 2.45. The number of hydrogen-bond acceptors (Lipinski definition) is 2. The molecule has 0 atom stereocenters. The van der Waals surface area contributed by atoms with Gasteiger partial charge in [-0.05, 0) is 83.3 Å². The first-order chi connectivity index (χ1) is 18.3. The third-order valence-electron chi connectivity index (χ3n) is 7.12. The van der Waals surface area contributed by atoms with Crippen LogP contribution in [0, 0.1) is 0 Å². The van der Waals surface area contributed by atoms with Crippen molar-refractivity contribution < 1.29 is 9.47 Å². The molecule has 0 saturated heterocycles. The number of fused-ring (bicyclic) bond motifs is 3. The molecule has 37 heavy (non-hydrogen) atoms. The van der Waals surface area contributed by atoms with Crippen LogP contribution in [0.4, 0.5) is 0 Å². The molecule has 0 saturated carbocycles. The fraction of sp³-hybridized carbons (Fsp3) is 0.273. The summed E-state index contributed by atoms with van der Waals surface area (Å²) in [5.74, 6) is 1.83. The molecule has 0 amide bonds. The van der Waals surface area contributed by atoms with Gasteiger partial charge in [0.2, 0.25) is 0 Å². The van der Waals surface area contributed by atoms with E-state index in [2.05, 4.69) is 129 Å². The summed E-state index contributed by atoms with van der Waals surface area (Å²) in [4.78, 5) is 0. The number of hydrogen-bond donors (Lipinski definition) is 0. The smallest absolute Gasteiger partial charge is 0.119 e. The number of rotatable bonds is 12. The van der Waals surface area contributed by atoms with E-state index in [0.29, 0.717) is 0 Å². The van der Waals surface area contributed by atoms with E-state index < -0.39 is 5.41 Å². The number of halogens is 2. The maximum atomic E-state index is 6.03. The molecule has 4 aromatic rings. The molecule has 0 unspecified atom stereocenters. The Morgan fingerprint density at radius 2 is 0.892 bits per heavy atom. The molecule has 4 aromatic carbocycles. The van der Waals surface area contributed by atoms with Crippen molar-refractivity contribution in [1.29, 1.82) is 0 Å². The van der Waals surface area contributed by atoms with Gasteiger partial charge in [0.05, 0.1) is 18.6 Å². The lowest BCUT2D eigenvalue weighted by Gasteiger charge is -2.34. The highest BCUT2D eigenvalue weighted by Crippen LogP contribution is 2.56. The summed E-state index contributed by atoms with van der Waals surface area (Å²) in [5.41, 5.74) is 7.29. The van der Waals surface area contributed by atoms with Crippen LogP contribution in [-0.2, 0) is 5.41 Å². The molecule has 0 aliphatic heterocycles. The first-order valence-corrected chi connectivity index (χ1v) is 15.3. The summed E-state index contributed by atoms with van der Waals surface area (Å²) in [7, 11) is 0. The summed E-state index contributed by atoms with van der Waals surface area (Å²) in [5, 5.41) is 2.02. The van der Waals surface area contributed by atoms with E-state index in [9.17, 15) is 0 Å². The van der Waals surface area contributed by atoms with Gasteiger partial charge >= 0.3 is 0 Å². The van der Waals surface area contributed by atoms with Crippen LogP contribution in [0.5, 0.6) is 11.5 Å². The van der Waals surface area contributed by atoms with Crippen molar-refractivity contribution in [3.63, 3.8) is 0 Å². The Labute approximate surface area is 237 Å². The topological polar surface area (TPSA) is 18.5 Å². The van der Waals surface area contributed by atoms with Crippen molar-refractivity contribution in [3.8, 4) is 22.6 Å². The normalized spacial score (nSPS) is 13.1. The van der Waals surface area contributed by atoms with Crippen LogP contribution in [0.2, 0.25) is 0 Å². The molecule has 4 heteroatoms. The van der Waals surface area contributed by atoms with Crippen molar-refractivity contribution >= 4 is 31.9 Å². The first-order valence-electron chi connectivity index (χ1n) is 13.1. The molecule has 190 valence electrons. The zero-order valence-corrected chi connectivity index (χ0v) is 24.1. The van der Waals surface area contributed by atoms with E-state index in [1.54, 1.807) is 0 Å². The minimum atomic E-state index is -0.407. The van der Waals surface area contributed by atoms with E-state index >= 15 is 0 Å². The van der Waals surface area contributed by atoms with Crippen LogP contribution in [0.25, 0.3) is 11.1 Å². The molecule has 0 fully saturated rings. The zero-order valence-electron chi connectivity index (χ0n) is 21.0. The number of alkyl halides is 2. The van der Waals surface area contributed by atoms with E-state index in [4.69, 9.17) is 9.47 Å². The molecular formula is C33H32Br2O2. The second-order valence-electron chi connectivity index (χ2n) is 9.38. The summed E-state index contributed by atoms with van der Waals surface area (Å²) in [6, 6.07) is 35.1.